The molecular weight excluding hydrogens is 344 g/mol. The molecule has 0 aliphatic carbocycles. The lowest BCUT2D eigenvalue weighted by atomic mass is 9.97. The van der Waals surface area contributed by atoms with E-state index in [0.29, 0.717) is 25.7 Å². The van der Waals surface area contributed by atoms with E-state index in [1.54, 1.807) is 0 Å². The van der Waals surface area contributed by atoms with E-state index in [1.165, 1.54) is 16.0 Å². The van der Waals surface area contributed by atoms with Gasteiger partial charge in [0.15, 0.2) is 0 Å². The fourth-order valence-electron chi connectivity index (χ4n) is 3.57. The molecule has 2 N–H and O–H groups in total. The van der Waals surface area contributed by atoms with Crippen LogP contribution in [0.5, 0.6) is 5.75 Å². The number of aliphatic hydroxyl groups is 1. The summed E-state index contributed by atoms with van der Waals surface area (Å²) in [6.07, 6.45) is 2.86. The second-order valence-corrected chi connectivity index (χ2v) is 9.13. The van der Waals surface area contributed by atoms with Crippen molar-refractivity contribution in [2.24, 2.45) is 0 Å². The molecule has 131 valence electrons. The van der Waals surface area contributed by atoms with Gasteiger partial charge in [0.25, 0.3) is 0 Å². The van der Waals surface area contributed by atoms with Crippen LogP contribution in [-0.2, 0) is 17.4 Å². The summed E-state index contributed by atoms with van der Waals surface area (Å²) < 4.78 is 6.11. The van der Waals surface area contributed by atoms with E-state index in [0.717, 1.165) is 42.2 Å². The maximum atomic E-state index is 11.2. The summed E-state index contributed by atoms with van der Waals surface area (Å²) in [7, 11) is 3.72. The van der Waals surface area contributed by atoms with Gasteiger partial charge in [0.2, 0.25) is 0 Å². The molecule has 0 saturated carbocycles. The smallest absolute Gasteiger partial charge is 0.126 e. The molecule has 4 rings (SSSR count). The quantitative estimate of drug-likeness (QED) is 0.797. The number of nitrogens with one attached hydrogen (secondary N) is 1. The fraction of sp³-hybridized carbons (Fsp3) is 0.647. The van der Waals surface area contributed by atoms with Crippen LogP contribution in [0.15, 0.2) is 17.0 Å². The highest BCUT2D eigenvalue weighted by molar-refractivity contribution is 8.76. The maximum absolute atomic E-state index is 11.2. The van der Waals surface area contributed by atoms with Crippen LogP contribution in [0.2, 0.25) is 0 Å². The zero-order chi connectivity index (χ0) is 16.5. The molecule has 3 heterocycles. The van der Waals surface area contributed by atoms with E-state index in [-0.39, 0.29) is 6.10 Å². The summed E-state index contributed by atoms with van der Waals surface area (Å²) in [5.41, 5.74) is 2.62. The normalized spacial score (nSPS) is 25.8. The summed E-state index contributed by atoms with van der Waals surface area (Å²) in [6, 6.07) is 4.75. The molecule has 1 fully saturated rings. The van der Waals surface area contributed by atoms with Crippen LogP contribution in [0.1, 0.15) is 30.4 Å². The van der Waals surface area contributed by atoms with E-state index < -0.39 is 6.10 Å². The van der Waals surface area contributed by atoms with Gasteiger partial charge in [-0.1, -0.05) is 21.6 Å². The minimum atomic E-state index is -0.513. The molecule has 0 bridgehead atoms. The van der Waals surface area contributed by atoms with Crippen LogP contribution in [0.3, 0.4) is 0 Å². The average Bonchev–Trinajstić information content (AvgIpc) is 3.05. The molecule has 7 heteroatoms. The molecular formula is C17H23N2O3S2. The third kappa shape index (κ3) is 3.71. The molecule has 2 atom stereocenters. The lowest BCUT2D eigenvalue weighted by Gasteiger charge is -2.32. The number of rotatable bonds is 4. The second kappa shape index (κ2) is 7.43. The molecule has 1 saturated heterocycles. The number of hydrogen-bond donors (Lipinski definition) is 2. The lowest BCUT2D eigenvalue weighted by Crippen LogP contribution is -2.47. The molecule has 24 heavy (non-hydrogen) atoms. The van der Waals surface area contributed by atoms with Crippen molar-refractivity contribution in [3.05, 3.63) is 23.3 Å². The zero-order valence-corrected chi connectivity index (χ0v) is 15.2. The van der Waals surface area contributed by atoms with Crippen molar-refractivity contribution < 1.29 is 15.1 Å². The Morgan fingerprint density at radius 1 is 1.29 bits per heavy atom. The Morgan fingerprint density at radius 3 is 2.96 bits per heavy atom. The minimum Gasteiger partial charge on any atom is -0.487 e. The van der Waals surface area contributed by atoms with Crippen LogP contribution in [0, 0.1) is 0 Å². The van der Waals surface area contributed by atoms with Crippen molar-refractivity contribution >= 4 is 21.6 Å². The number of hydrogen-bond acceptors (Lipinski definition) is 6. The maximum Gasteiger partial charge on any atom is 0.126 e. The third-order valence-electron chi connectivity index (χ3n) is 5.08. The number of nitrogens with zero attached hydrogens (tertiary/aromatic N) is 1. The zero-order valence-electron chi connectivity index (χ0n) is 13.6. The lowest BCUT2D eigenvalue weighted by molar-refractivity contribution is -0.169. The number of piperidine rings is 1. The van der Waals surface area contributed by atoms with Gasteiger partial charge >= 0.3 is 0 Å². The Balaban J connectivity index is 1.32. The number of ether oxygens (including phenoxy) is 1. The van der Waals surface area contributed by atoms with Gasteiger partial charge in [0, 0.05) is 36.3 Å². The highest BCUT2D eigenvalue weighted by atomic mass is 33.1. The topological polar surface area (TPSA) is 64.6 Å². The van der Waals surface area contributed by atoms with Gasteiger partial charge in [-0.2, -0.15) is 5.06 Å². The molecule has 3 aliphatic rings. The van der Waals surface area contributed by atoms with Gasteiger partial charge in [-0.3, -0.25) is 0 Å². The number of aliphatic hydroxyl groups excluding tert-OH is 1. The standard InChI is InChI=1S/C17H23N2O3S2/c20-14(9-18-13-3-5-19(21)6-4-13)15-2-1-11-8-17-12(10-23-24-17)7-16(11)22-15/h7-8,13-15,18,20H,1-6,9-10H2. The third-order valence-corrected chi connectivity index (χ3v) is 7.43. The summed E-state index contributed by atoms with van der Waals surface area (Å²) in [4.78, 5) is 1.37. The van der Waals surface area contributed by atoms with Gasteiger partial charge in [-0.15, -0.1) is 5.21 Å². The Hall–Kier alpha value is -0.440. The first kappa shape index (κ1) is 17.0. The fourth-order valence-corrected chi connectivity index (χ4v) is 6.04. The van der Waals surface area contributed by atoms with Crippen LogP contribution in [0.25, 0.3) is 0 Å². The van der Waals surface area contributed by atoms with E-state index in [9.17, 15) is 10.3 Å². The monoisotopic (exact) mass is 367 g/mol. The van der Waals surface area contributed by atoms with Gasteiger partial charge in [-0.25, -0.2) is 0 Å². The number of aryl methyl sites for hydroxylation is 1. The predicted octanol–water partition coefficient (Wildman–Crippen LogP) is 2.39. The van der Waals surface area contributed by atoms with Crippen molar-refractivity contribution in [2.45, 2.75) is 54.6 Å². The molecule has 3 aliphatic heterocycles. The predicted molar refractivity (Wildman–Crippen MR) is 95.6 cm³/mol. The van der Waals surface area contributed by atoms with Crippen LogP contribution < -0.4 is 10.1 Å². The molecule has 0 aromatic heterocycles. The van der Waals surface area contributed by atoms with E-state index in [2.05, 4.69) is 17.4 Å². The Labute approximate surface area is 150 Å². The first-order chi connectivity index (χ1) is 11.7. The second-order valence-electron chi connectivity index (χ2n) is 6.79. The summed E-state index contributed by atoms with van der Waals surface area (Å²) in [5.74, 6) is 1.98. The Morgan fingerprint density at radius 2 is 2.12 bits per heavy atom. The first-order valence-corrected chi connectivity index (χ1v) is 11.0. The van der Waals surface area contributed by atoms with Crippen molar-refractivity contribution in [1.82, 2.24) is 10.4 Å². The SMILES string of the molecule is [O]N1CCC(NCC(O)C2CCc3cc4c(cc3O2)CSS4)CC1. The molecule has 2 unspecified atom stereocenters. The molecule has 5 nitrogen and oxygen atoms in total. The highest BCUT2D eigenvalue weighted by Crippen LogP contribution is 2.47. The molecule has 1 radical (unpaired) electrons. The van der Waals surface area contributed by atoms with Crippen molar-refractivity contribution in [1.29, 1.82) is 0 Å². The highest BCUT2D eigenvalue weighted by Gasteiger charge is 2.29. The van der Waals surface area contributed by atoms with Crippen molar-refractivity contribution in [3.63, 3.8) is 0 Å². The molecule has 1 aromatic carbocycles. The number of hydroxylamine groups is 2. The molecule has 0 spiro atoms. The Kier molecular flexibility index (Phi) is 5.26. The van der Waals surface area contributed by atoms with Gasteiger partial charge in [-0.05, 0) is 48.9 Å². The van der Waals surface area contributed by atoms with Crippen LogP contribution in [-0.4, -0.2) is 48.1 Å². The van der Waals surface area contributed by atoms with Gasteiger partial charge < -0.3 is 15.2 Å². The first-order valence-electron chi connectivity index (χ1n) is 8.64. The Bertz CT molecular complexity index is 593. The van der Waals surface area contributed by atoms with Crippen LogP contribution >= 0.6 is 21.6 Å². The van der Waals surface area contributed by atoms with Crippen LogP contribution in [0.4, 0.5) is 0 Å². The largest absolute Gasteiger partial charge is 0.487 e. The van der Waals surface area contributed by atoms with Gasteiger partial charge in [0.1, 0.15) is 18.0 Å². The summed E-state index contributed by atoms with van der Waals surface area (Å²) >= 11 is 0. The minimum absolute atomic E-state index is 0.149. The molecule has 0 amide bonds. The number of benzene rings is 1. The van der Waals surface area contributed by atoms with Gasteiger partial charge in [0.05, 0.1) is 0 Å². The summed E-state index contributed by atoms with van der Waals surface area (Å²) in [6.45, 7) is 1.70. The van der Waals surface area contributed by atoms with E-state index >= 15 is 0 Å². The molecule has 1 aromatic rings. The number of fused-ring (bicyclic) bond motifs is 2. The van der Waals surface area contributed by atoms with E-state index in [4.69, 9.17) is 4.74 Å². The van der Waals surface area contributed by atoms with Crippen molar-refractivity contribution in [2.75, 3.05) is 19.6 Å². The average molecular weight is 368 g/mol. The van der Waals surface area contributed by atoms with Crippen molar-refractivity contribution in [3.8, 4) is 5.75 Å². The summed E-state index contributed by atoms with van der Waals surface area (Å²) in [5, 5.41) is 26.2. The van der Waals surface area contributed by atoms with E-state index in [1.807, 2.05) is 21.6 Å².